The molecule has 0 fully saturated rings. The topological polar surface area (TPSA) is 71.1 Å². The summed E-state index contributed by atoms with van der Waals surface area (Å²) in [5.74, 6) is -0.0727. The molecule has 7 heteroatoms. The van der Waals surface area contributed by atoms with Gasteiger partial charge in [-0.1, -0.05) is 47.5 Å². The van der Waals surface area contributed by atoms with Gasteiger partial charge >= 0.3 is 0 Å². The molecule has 1 unspecified atom stereocenters. The molecular weight excluding hydrogens is 414 g/mol. The van der Waals surface area contributed by atoms with Gasteiger partial charge in [0.1, 0.15) is 0 Å². The number of aromatic nitrogens is 1. The molecule has 156 valence electrons. The van der Waals surface area contributed by atoms with E-state index in [1.165, 1.54) is 34.2 Å². The number of hydrogen-bond acceptors (Lipinski definition) is 5. The lowest BCUT2D eigenvalue weighted by molar-refractivity contribution is -0.115. The fourth-order valence-electron chi connectivity index (χ4n) is 2.67. The molecule has 0 aliphatic heterocycles. The van der Waals surface area contributed by atoms with Gasteiger partial charge in [0, 0.05) is 23.2 Å². The number of amides is 2. The molecular formula is C23H25N3O2S2. The molecule has 0 bridgehead atoms. The average Bonchev–Trinajstić information content (AvgIpc) is 3.16. The molecule has 0 spiro atoms. The van der Waals surface area contributed by atoms with Crippen LogP contribution in [0.4, 0.5) is 10.8 Å². The van der Waals surface area contributed by atoms with Crippen molar-refractivity contribution in [1.82, 2.24) is 4.98 Å². The van der Waals surface area contributed by atoms with Gasteiger partial charge in [-0.3, -0.25) is 9.59 Å². The quantitative estimate of drug-likeness (QED) is 0.515. The molecule has 2 aromatic carbocycles. The van der Waals surface area contributed by atoms with Crippen molar-refractivity contribution in [3.8, 4) is 0 Å². The molecule has 2 N–H and O–H groups in total. The van der Waals surface area contributed by atoms with Crippen molar-refractivity contribution in [2.75, 3.05) is 16.4 Å². The van der Waals surface area contributed by atoms with E-state index >= 15 is 0 Å². The molecule has 2 amide bonds. The second-order valence-electron chi connectivity index (χ2n) is 7.15. The Morgan fingerprint density at radius 2 is 1.63 bits per heavy atom. The Morgan fingerprint density at radius 3 is 2.30 bits per heavy atom. The van der Waals surface area contributed by atoms with Crippen LogP contribution in [0.3, 0.4) is 0 Å². The zero-order chi connectivity index (χ0) is 21.5. The Morgan fingerprint density at radius 1 is 1.00 bits per heavy atom. The first kappa shape index (κ1) is 22.1. The molecule has 5 nitrogen and oxygen atoms in total. The third kappa shape index (κ3) is 6.71. The number of rotatable bonds is 8. The van der Waals surface area contributed by atoms with Crippen LogP contribution in [0.5, 0.6) is 0 Å². The van der Waals surface area contributed by atoms with Crippen LogP contribution in [0.1, 0.15) is 28.5 Å². The second-order valence-corrected chi connectivity index (χ2v) is 9.60. The number of anilines is 2. The van der Waals surface area contributed by atoms with Crippen molar-refractivity contribution >= 4 is 45.7 Å². The van der Waals surface area contributed by atoms with E-state index in [2.05, 4.69) is 46.8 Å². The van der Waals surface area contributed by atoms with Gasteiger partial charge in [0.2, 0.25) is 11.8 Å². The summed E-state index contributed by atoms with van der Waals surface area (Å²) in [6.07, 6.45) is 2.59. The molecule has 1 atom stereocenters. The number of thioether (sulfide) groups is 1. The van der Waals surface area contributed by atoms with Crippen LogP contribution in [0, 0.1) is 13.8 Å². The fraction of sp³-hybridized carbons (Fsp3) is 0.261. The fourth-order valence-corrected chi connectivity index (χ4v) is 4.20. The zero-order valence-corrected chi connectivity index (χ0v) is 18.9. The minimum absolute atomic E-state index is 0.127. The highest BCUT2D eigenvalue weighted by Gasteiger charge is 2.17. The first-order valence-electron chi connectivity index (χ1n) is 9.68. The van der Waals surface area contributed by atoms with Crippen molar-refractivity contribution in [3.05, 3.63) is 76.3 Å². The minimum Gasteiger partial charge on any atom is -0.325 e. The lowest BCUT2D eigenvalue weighted by atomic mass is 10.1. The van der Waals surface area contributed by atoms with E-state index in [1.807, 2.05) is 31.2 Å². The molecule has 1 aromatic heterocycles. The number of nitrogens with zero attached hydrogens (tertiary/aromatic N) is 1. The molecule has 0 radical (unpaired) electrons. The molecule has 1 heterocycles. The first-order chi connectivity index (χ1) is 14.4. The van der Waals surface area contributed by atoms with E-state index in [1.54, 1.807) is 13.1 Å². The Hall–Kier alpha value is -2.64. The highest BCUT2D eigenvalue weighted by Crippen LogP contribution is 2.23. The van der Waals surface area contributed by atoms with Crippen LogP contribution in [0.2, 0.25) is 0 Å². The summed E-state index contributed by atoms with van der Waals surface area (Å²) in [5.41, 5.74) is 4.34. The lowest BCUT2D eigenvalue weighted by Gasteiger charge is -2.11. The SMILES string of the molecule is Cc1ccc(Cc2cnc(NC(=O)C(C)SCC(=O)Nc3ccc(C)cc3)s2)cc1. The van der Waals surface area contributed by atoms with Crippen molar-refractivity contribution in [3.63, 3.8) is 0 Å². The summed E-state index contributed by atoms with van der Waals surface area (Å²) in [6, 6.07) is 16.0. The largest absolute Gasteiger partial charge is 0.325 e. The molecule has 0 aliphatic rings. The summed E-state index contributed by atoms with van der Waals surface area (Å²) in [7, 11) is 0. The van der Waals surface area contributed by atoms with Crippen molar-refractivity contribution < 1.29 is 9.59 Å². The third-order valence-corrected chi connectivity index (χ3v) is 6.51. The zero-order valence-electron chi connectivity index (χ0n) is 17.3. The van der Waals surface area contributed by atoms with Crippen LogP contribution in [-0.2, 0) is 16.0 Å². The van der Waals surface area contributed by atoms with Gasteiger partial charge in [-0.05, 0) is 38.5 Å². The van der Waals surface area contributed by atoms with Crippen molar-refractivity contribution in [2.45, 2.75) is 32.4 Å². The predicted octanol–water partition coefficient (Wildman–Crippen LogP) is 5.05. The van der Waals surface area contributed by atoms with Crippen molar-refractivity contribution in [2.24, 2.45) is 0 Å². The molecule has 0 saturated carbocycles. The third-order valence-electron chi connectivity index (χ3n) is 4.45. The molecule has 0 saturated heterocycles. The maximum atomic E-state index is 12.4. The van der Waals surface area contributed by atoms with E-state index in [-0.39, 0.29) is 22.8 Å². The van der Waals surface area contributed by atoms with Gasteiger partial charge < -0.3 is 10.6 Å². The Labute approximate surface area is 185 Å². The van der Waals surface area contributed by atoms with E-state index < -0.39 is 0 Å². The Balaban J connectivity index is 1.44. The van der Waals surface area contributed by atoms with Crippen LogP contribution < -0.4 is 10.6 Å². The van der Waals surface area contributed by atoms with Gasteiger partial charge in [0.05, 0.1) is 11.0 Å². The van der Waals surface area contributed by atoms with E-state index in [4.69, 9.17) is 0 Å². The van der Waals surface area contributed by atoms with Gasteiger partial charge in [0.15, 0.2) is 5.13 Å². The standard InChI is InChI=1S/C23H25N3O2S2/c1-15-4-8-18(9-5-15)12-20-13-24-23(30-20)26-22(28)17(3)29-14-21(27)25-19-10-6-16(2)7-11-19/h4-11,13,17H,12,14H2,1-3H3,(H,25,27)(H,24,26,28). The number of carbonyl (C=O) groups excluding carboxylic acids is 2. The normalized spacial score (nSPS) is 11.7. The van der Waals surface area contributed by atoms with Gasteiger partial charge in [-0.2, -0.15) is 0 Å². The number of thiazole rings is 1. The van der Waals surface area contributed by atoms with Gasteiger partial charge in [-0.15, -0.1) is 23.1 Å². The summed E-state index contributed by atoms with van der Waals surface area (Å²) < 4.78 is 0. The lowest BCUT2D eigenvalue weighted by Crippen LogP contribution is -2.24. The number of carbonyl (C=O) groups is 2. The van der Waals surface area contributed by atoms with Gasteiger partial charge in [-0.25, -0.2) is 4.98 Å². The maximum absolute atomic E-state index is 12.4. The smallest absolute Gasteiger partial charge is 0.239 e. The highest BCUT2D eigenvalue weighted by molar-refractivity contribution is 8.01. The number of nitrogens with one attached hydrogen (secondary N) is 2. The molecule has 0 aliphatic carbocycles. The summed E-state index contributed by atoms with van der Waals surface area (Å²) in [5, 5.41) is 5.91. The van der Waals surface area contributed by atoms with Crippen LogP contribution in [-0.4, -0.2) is 27.8 Å². The summed E-state index contributed by atoms with van der Waals surface area (Å²) in [6.45, 7) is 5.85. The first-order valence-corrected chi connectivity index (χ1v) is 11.5. The molecule has 3 rings (SSSR count). The number of aryl methyl sites for hydroxylation is 2. The monoisotopic (exact) mass is 439 g/mol. The molecule has 30 heavy (non-hydrogen) atoms. The maximum Gasteiger partial charge on any atom is 0.239 e. The number of hydrogen-bond donors (Lipinski definition) is 2. The summed E-state index contributed by atoms with van der Waals surface area (Å²) >= 11 is 2.77. The second kappa shape index (κ2) is 10.4. The van der Waals surface area contributed by atoms with Crippen LogP contribution in [0.15, 0.2) is 54.7 Å². The van der Waals surface area contributed by atoms with Crippen LogP contribution >= 0.6 is 23.1 Å². The minimum atomic E-state index is -0.363. The van der Waals surface area contributed by atoms with Crippen LogP contribution in [0.25, 0.3) is 0 Å². The summed E-state index contributed by atoms with van der Waals surface area (Å²) in [4.78, 5) is 29.9. The van der Waals surface area contributed by atoms with Gasteiger partial charge in [0.25, 0.3) is 0 Å². The Kier molecular flexibility index (Phi) is 7.65. The average molecular weight is 440 g/mol. The van der Waals surface area contributed by atoms with Crippen molar-refractivity contribution in [1.29, 1.82) is 0 Å². The highest BCUT2D eigenvalue weighted by atomic mass is 32.2. The van der Waals surface area contributed by atoms with E-state index in [9.17, 15) is 9.59 Å². The van der Waals surface area contributed by atoms with E-state index in [0.717, 1.165) is 22.5 Å². The van der Waals surface area contributed by atoms with E-state index in [0.29, 0.717) is 5.13 Å². The predicted molar refractivity (Wildman–Crippen MR) is 126 cm³/mol. The number of benzene rings is 2. The Bertz CT molecular complexity index is 998. The molecule has 3 aromatic rings.